The molecule has 0 N–H and O–H groups in total. The normalized spacial score (nSPS) is 9.90. The summed E-state index contributed by atoms with van der Waals surface area (Å²) < 4.78 is 3.97. The highest BCUT2D eigenvalue weighted by atomic mass is 35.5. The Morgan fingerprint density at radius 1 is 1.60 bits per heavy atom. The van der Waals surface area contributed by atoms with Crippen molar-refractivity contribution in [3.63, 3.8) is 0 Å². The zero-order chi connectivity index (χ0) is 7.72. The van der Waals surface area contributed by atoms with Gasteiger partial charge in [0.25, 0.3) is 5.24 Å². The van der Waals surface area contributed by atoms with Gasteiger partial charge in [-0.15, -0.1) is 0 Å². The first-order valence-electron chi connectivity index (χ1n) is 2.75. The molecule has 2 nitrogen and oxygen atoms in total. The van der Waals surface area contributed by atoms with Gasteiger partial charge in [0.05, 0.1) is 11.3 Å². The second-order valence-corrected chi connectivity index (χ2v) is 3.29. The summed E-state index contributed by atoms with van der Waals surface area (Å²) in [4.78, 5) is 11.6. The molecule has 0 aliphatic carbocycles. The molecular weight excluding hydrogens is 170 g/mol. The van der Waals surface area contributed by atoms with Crippen LogP contribution in [0.15, 0.2) is 0 Å². The summed E-state index contributed by atoms with van der Waals surface area (Å²) >= 11 is 6.59. The predicted octanol–water partition coefficient (Wildman–Crippen LogP) is 2.14. The zero-order valence-corrected chi connectivity index (χ0v) is 7.21. The van der Waals surface area contributed by atoms with Gasteiger partial charge in [-0.05, 0) is 37.0 Å². The van der Waals surface area contributed by atoms with E-state index in [2.05, 4.69) is 4.37 Å². The zero-order valence-electron chi connectivity index (χ0n) is 5.64. The third-order valence-corrected chi connectivity index (χ3v) is 2.26. The van der Waals surface area contributed by atoms with E-state index in [1.165, 1.54) is 11.5 Å². The molecule has 0 spiro atoms. The fraction of sp³-hybridized carbons (Fsp3) is 0.333. The maximum Gasteiger partial charge on any atom is 0.255 e. The maximum absolute atomic E-state index is 10.7. The molecule has 1 heterocycles. The minimum absolute atomic E-state index is 0.413. The molecule has 1 rings (SSSR count). The summed E-state index contributed by atoms with van der Waals surface area (Å²) in [5.74, 6) is 0. The van der Waals surface area contributed by atoms with Gasteiger partial charge in [0.15, 0.2) is 0 Å². The Balaban J connectivity index is 3.23. The average Bonchev–Trinajstić information content (AvgIpc) is 2.11. The monoisotopic (exact) mass is 175 g/mol. The number of carbonyl (C=O) groups excluding carboxylic acids is 1. The first-order valence-corrected chi connectivity index (χ1v) is 3.90. The summed E-state index contributed by atoms with van der Waals surface area (Å²) in [5.41, 5.74) is 1.29. The van der Waals surface area contributed by atoms with Crippen LogP contribution in [-0.2, 0) is 0 Å². The lowest BCUT2D eigenvalue weighted by molar-refractivity contribution is 0.108. The second kappa shape index (κ2) is 2.68. The SMILES string of the molecule is Cc1nsc(C)c1C(=O)Cl. The van der Waals surface area contributed by atoms with Crippen molar-refractivity contribution in [3.8, 4) is 0 Å². The van der Waals surface area contributed by atoms with Gasteiger partial charge >= 0.3 is 0 Å². The molecular formula is C6H6ClNOS. The Kier molecular flexibility index (Phi) is 2.06. The average molecular weight is 176 g/mol. The van der Waals surface area contributed by atoms with Crippen LogP contribution in [0.4, 0.5) is 0 Å². The highest BCUT2D eigenvalue weighted by Gasteiger charge is 2.11. The lowest BCUT2D eigenvalue weighted by Crippen LogP contribution is -1.91. The maximum atomic E-state index is 10.7. The van der Waals surface area contributed by atoms with Crippen molar-refractivity contribution in [2.45, 2.75) is 13.8 Å². The van der Waals surface area contributed by atoms with Gasteiger partial charge in [-0.1, -0.05) is 0 Å². The lowest BCUT2D eigenvalue weighted by Gasteiger charge is -1.88. The first kappa shape index (κ1) is 7.69. The summed E-state index contributed by atoms with van der Waals surface area (Å²) in [7, 11) is 0. The minimum Gasteiger partial charge on any atom is -0.275 e. The second-order valence-electron chi connectivity index (χ2n) is 1.97. The van der Waals surface area contributed by atoms with Crippen LogP contribution < -0.4 is 0 Å². The van der Waals surface area contributed by atoms with Crippen molar-refractivity contribution >= 4 is 28.4 Å². The van der Waals surface area contributed by atoms with Crippen molar-refractivity contribution in [1.82, 2.24) is 4.37 Å². The molecule has 0 saturated heterocycles. The number of rotatable bonds is 1. The molecule has 0 aliphatic rings. The van der Waals surface area contributed by atoms with E-state index in [0.29, 0.717) is 5.56 Å². The number of hydrogen-bond donors (Lipinski definition) is 0. The number of carbonyl (C=O) groups is 1. The first-order chi connectivity index (χ1) is 4.63. The summed E-state index contributed by atoms with van der Waals surface area (Å²) in [5, 5.41) is -0.413. The summed E-state index contributed by atoms with van der Waals surface area (Å²) in [6.07, 6.45) is 0. The highest BCUT2D eigenvalue weighted by molar-refractivity contribution is 7.06. The third-order valence-electron chi connectivity index (χ3n) is 1.23. The van der Waals surface area contributed by atoms with E-state index >= 15 is 0 Å². The van der Waals surface area contributed by atoms with Crippen molar-refractivity contribution in [3.05, 3.63) is 16.1 Å². The molecule has 54 valence electrons. The Morgan fingerprint density at radius 3 is 2.40 bits per heavy atom. The van der Waals surface area contributed by atoms with Crippen molar-refractivity contribution in [2.24, 2.45) is 0 Å². The standard InChI is InChI=1S/C6H6ClNOS/c1-3-5(6(7)9)4(2)10-8-3/h1-2H3. The van der Waals surface area contributed by atoms with Gasteiger partial charge in [-0.25, -0.2) is 0 Å². The van der Waals surface area contributed by atoms with Crippen LogP contribution in [0.1, 0.15) is 20.9 Å². The number of hydrogen-bond acceptors (Lipinski definition) is 3. The fourth-order valence-electron chi connectivity index (χ4n) is 0.764. The highest BCUT2D eigenvalue weighted by Crippen LogP contribution is 2.18. The summed E-state index contributed by atoms with van der Waals surface area (Å²) in [6.45, 7) is 3.61. The quantitative estimate of drug-likeness (QED) is 0.613. The van der Waals surface area contributed by atoms with Gasteiger partial charge in [-0.3, -0.25) is 4.79 Å². The molecule has 0 atom stereocenters. The van der Waals surface area contributed by atoms with Gasteiger partial charge in [0.1, 0.15) is 0 Å². The van der Waals surface area contributed by atoms with E-state index in [9.17, 15) is 4.79 Å². The molecule has 10 heavy (non-hydrogen) atoms. The lowest BCUT2D eigenvalue weighted by atomic mass is 10.2. The molecule has 1 aromatic heterocycles. The smallest absolute Gasteiger partial charge is 0.255 e. The van der Waals surface area contributed by atoms with Gasteiger partial charge in [0.2, 0.25) is 0 Å². The van der Waals surface area contributed by atoms with Crippen LogP contribution in [0.2, 0.25) is 0 Å². The number of nitrogens with zero attached hydrogens (tertiary/aromatic N) is 1. The van der Waals surface area contributed by atoms with Crippen LogP contribution in [0.5, 0.6) is 0 Å². The van der Waals surface area contributed by atoms with Gasteiger partial charge in [-0.2, -0.15) is 4.37 Å². The van der Waals surface area contributed by atoms with Crippen molar-refractivity contribution < 1.29 is 4.79 Å². The Bertz CT molecular complexity index is 249. The molecule has 0 radical (unpaired) electrons. The predicted molar refractivity (Wildman–Crippen MR) is 41.8 cm³/mol. The molecule has 0 unspecified atom stereocenters. The molecule has 0 fully saturated rings. The Morgan fingerprint density at radius 2 is 2.20 bits per heavy atom. The fourth-order valence-corrected chi connectivity index (χ4v) is 1.79. The van der Waals surface area contributed by atoms with Crippen LogP contribution in [-0.4, -0.2) is 9.62 Å². The summed E-state index contributed by atoms with van der Waals surface area (Å²) in [6, 6.07) is 0. The van der Waals surface area contributed by atoms with Crippen LogP contribution >= 0.6 is 23.1 Å². The number of halogens is 1. The topological polar surface area (TPSA) is 30.0 Å². The van der Waals surface area contributed by atoms with Crippen molar-refractivity contribution in [1.29, 1.82) is 0 Å². The van der Waals surface area contributed by atoms with Gasteiger partial charge < -0.3 is 0 Å². The Labute approximate surface area is 68.0 Å². The molecule has 0 aromatic carbocycles. The van der Waals surface area contributed by atoms with E-state index in [1.54, 1.807) is 6.92 Å². The molecule has 0 bridgehead atoms. The van der Waals surface area contributed by atoms with E-state index in [1.807, 2.05) is 6.92 Å². The van der Waals surface area contributed by atoms with E-state index in [0.717, 1.165) is 10.6 Å². The molecule has 0 aliphatic heterocycles. The number of aromatic nitrogens is 1. The van der Waals surface area contributed by atoms with E-state index < -0.39 is 5.24 Å². The molecule has 0 saturated carbocycles. The largest absolute Gasteiger partial charge is 0.275 e. The minimum atomic E-state index is -0.413. The van der Waals surface area contributed by atoms with Crippen LogP contribution in [0, 0.1) is 13.8 Å². The number of aryl methyl sites for hydroxylation is 2. The van der Waals surface area contributed by atoms with Gasteiger partial charge in [0, 0.05) is 4.88 Å². The van der Waals surface area contributed by atoms with Crippen molar-refractivity contribution in [2.75, 3.05) is 0 Å². The molecule has 0 amide bonds. The van der Waals surface area contributed by atoms with Crippen LogP contribution in [0.3, 0.4) is 0 Å². The van der Waals surface area contributed by atoms with E-state index in [-0.39, 0.29) is 0 Å². The Hall–Kier alpha value is -0.410. The van der Waals surface area contributed by atoms with Crippen LogP contribution in [0.25, 0.3) is 0 Å². The van der Waals surface area contributed by atoms with E-state index in [4.69, 9.17) is 11.6 Å². The molecule has 1 aromatic rings. The third kappa shape index (κ3) is 1.20. The molecule has 4 heteroatoms.